The van der Waals surface area contributed by atoms with Crippen molar-refractivity contribution >= 4 is 44.0 Å². The van der Waals surface area contributed by atoms with Gasteiger partial charge in [0.2, 0.25) is 5.91 Å². The van der Waals surface area contributed by atoms with E-state index in [1.165, 1.54) is 18.3 Å². The molecule has 172 valence electrons. The van der Waals surface area contributed by atoms with E-state index >= 15 is 0 Å². The predicted molar refractivity (Wildman–Crippen MR) is 119 cm³/mol. The summed E-state index contributed by atoms with van der Waals surface area (Å²) in [6.45, 7) is 4.53. The molecule has 0 spiro atoms. The minimum Gasteiger partial charge on any atom is -0.452 e. The summed E-state index contributed by atoms with van der Waals surface area (Å²) in [5.74, 6) is -1.26. The molecule has 10 heteroatoms. The number of thiophene rings is 1. The highest BCUT2D eigenvalue weighted by Gasteiger charge is 2.39. The largest absolute Gasteiger partial charge is 0.452 e. The lowest BCUT2D eigenvalue weighted by atomic mass is 9.93. The fourth-order valence-corrected chi connectivity index (χ4v) is 7.26. The van der Waals surface area contributed by atoms with Gasteiger partial charge in [0.25, 0.3) is 5.91 Å². The van der Waals surface area contributed by atoms with E-state index in [1.54, 1.807) is 11.8 Å². The fraction of sp³-hybridized carbons (Fsp3) is 0.667. The van der Waals surface area contributed by atoms with E-state index in [1.807, 2.05) is 6.92 Å². The van der Waals surface area contributed by atoms with Gasteiger partial charge in [-0.1, -0.05) is 19.3 Å². The number of rotatable bonds is 6. The highest BCUT2D eigenvalue weighted by molar-refractivity contribution is 7.91. The van der Waals surface area contributed by atoms with Crippen molar-refractivity contribution in [2.75, 3.05) is 23.4 Å². The number of nitrogens with zero attached hydrogens (tertiary/aromatic N) is 1. The molecule has 3 rings (SSSR count). The zero-order valence-electron chi connectivity index (χ0n) is 18.2. The van der Waals surface area contributed by atoms with Crippen LogP contribution in [0.25, 0.3) is 0 Å². The van der Waals surface area contributed by atoms with E-state index < -0.39 is 22.4 Å². The van der Waals surface area contributed by atoms with E-state index in [9.17, 15) is 22.8 Å². The molecular formula is C21H30N2O6S2. The number of anilines is 1. The normalized spacial score (nSPS) is 20.9. The van der Waals surface area contributed by atoms with Crippen LogP contribution >= 0.6 is 11.3 Å². The highest BCUT2D eigenvalue weighted by Crippen LogP contribution is 2.33. The van der Waals surface area contributed by atoms with Gasteiger partial charge in [0.05, 0.1) is 17.1 Å². The Hall–Kier alpha value is -1.94. The molecule has 1 aromatic rings. The van der Waals surface area contributed by atoms with Crippen LogP contribution in [-0.4, -0.2) is 61.3 Å². The molecule has 2 heterocycles. The van der Waals surface area contributed by atoms with Crippen molar-refractivity contribution in [1.82, 2.24) is 4.90 Å². The third-order valence-corrected chi connectivity index (χ3v) is 8.94. The van der Waals surface area contributed by atoms with Crippen molar-refractivity contribution in [3.63, 3.8) is 0 Å². The first-order valence-corrected chi connectivity index (χ1v) is 13.3. The van der Waals surface area contributed by atoms with Crippen LogP contribution in [0.15, 0.2) is 0 Å². The number of aryl methyl sites for hydroxylation is 1. The molecular weight excluding hydrogens is 440 g/mol. The summed E-state index contributed by atoms with van der Waals surface area (Å²) in [5.41, 5.74) is 0.968. The third-order valence-electron chi connectivity index (χ3n) is 6.06. The number of sulfone groups is 1. The molecule has 1 atom stereocenters. The molecule has 2 fully saturated rings. The summed E-state index contributed by atoms with van der Waals surface area (Å²) in [5, 5.41) is 3.06. The number of esters is 1. The second-order valence-corrected chi connectivity index (χ2v) is 11.8. The molecule has 1 aliphatic heterocycles. The van der Waals surface area contributed by atoms with E-state index in [2.05, 4.69) is 5.32 Å². The van der Waals surface area contributed by atoms with Gasteiger partial charge in [-0.2, -0.15) is 0 Å². The van der Waals surface area contributed by atoms with Gasteiger partial charge in [0.15, 0.2) is 16.4 Å². The Balaban J connectivity index is 1.73. The maximum atomic E-state index is 13.1. The summed E-state index contributed by atoms with van der Waals surface area (Å²) in [6, 6.07) is -0.377. The lowest BCUT2D eigenvalue weighted by molar-refractivity contribution is -0.140. The van der Waals surface area contributed by atoms with Crippen molar-refractivity contribution < 1.29 is 27.5 Å². The first kappa shape index (κ1) is 23.7. The standard InChI is InChI=1S/C21H30N2O6S2/c1-13-14(2)30-20(22-15(3)24)19(13)21(26)29-11-18(25)23(16-7-5-4-6-8-16)17-9-10-31(27,28)12-17/h16-17H,4-12H2,1-3H3,(H,22,24)/t17-/m1/s1. The number of hydrogen-bond acceptors (Lipinski definition) is 7. The van der Waals surface area contributed by atoms with E-state index in [0.29, 0.717) is 17.0 Å². The SMILES string of the molecule is CC(=O)Nc1sc(C)c(C)c1C(=O)OCC(=O)N(C1CCCCC1)[C@@H]1CCS(=O)(=O)C1. The van der Waals surface area contributed by atoms with E-state index in [4.69, 9.17) is 4.74 Å². The van der Waals surface area contributed by atoms with E-state index in [-0.39, 0.29) is 41.0 Å². The van der Waals surface area contributed by atoms with Crippen molar-refractivity contribution in [3.8, 4) is 0 Å². The Morgan fingerprint density at radius 1 is 1.10 bits per heavy atom. The monoisotopic (exact) mass is 470 g/mol. The Morgan fingerprint density at radius 3 is 2.35 bits per heavy atom. The first-order chi connectivity index (χ1) is 14.6. The average Bonchev–Trinajstić information content (AvgIpc) is 3.19. The summed E-state index contributed by atoms with van der Waals surface area (Å²) in [7, 11) is -3.15. The Bertz CT molecular complexity index is 963. The molecule has 0 unspecified atom stereocenters. The molecule has 1 N–H and O–H groups in total. The van der Waals surface area contributed by atoms with Gasteiger partial charge in [-0.25, -0.2) is 13.2 Å². The van der Waals surface area contributed by atoms with Crippen molar-refractivity contribution in [1.29, 1.82) is 0 Å². The quantitative estimate of drug-likeness (QED) is 0.640. The second-order valence-electron chi connectivity index (χ2n) is 8.39. The molecule has 1 saturated carbocycles. The molecule has 0 bridgehead atoms. The topological polar surface area (TPSA) is 110 Å². The second kappa shape index (κ2) is 9.68. The van der Waals surface area contributed by atoms with Gasteiger partial charge in [-0.3, -0.25) is 9.59 Å². The first-order valence-electron chi connectivity index (χ1n) is 10.7. The molecule has 2 amide bonds. The molecule has 1 aliphatic carbocycles. The van der Waals surface area contributed by atoms with Gasteiger partial charge < -0.3 is 15.0 Å². The average molecular weight is 471 g/mol. The molecule has 1 aromatic heterocycles. The van der Waals surface area contributed by atoms with Crippen molar-refractivity contribution in [3.05, 3.63) is 16.0 Å². The zero-order chi connectivity index (χ0) is 22.8. The Morgan fingerprint density at radius 2 is 1.77 bits per heavy atom. The number of amides is 2. The van der Waals surface area contributed by atoms with Crippen LogP contribution in [0.2, 0.25) is 0 Å². The van der Waals surface area contributed by atoms with Crippen molar-refractivity contribution in [2.24, 2.45) is 0 Å². The predicted octanol–water partition coefficient (Wildman–Crippen LogP) is 2.83. The van der Waals surface area contributed by atoms with Gasteiger partial charge in [0.1, 0.15) is 5.00 Å². The lowest BCUT2D eigenvalue weighted by Crippen LogP contribution is -2.50. The minimum absolute atomic E-state index is 0.0154. The Kier molecular flexibility index (Phi) is 7.41. The van der Waals surface area contributed by atoms with Crippen LogP contribution in [0, 0.1) is 13.8 Å². The van der Waals surface area contributed by atoms with Crippen LogP contribution in [0.4, 0.5) is 5.00 Å². The molecule has 8 nitrogen and oxygen atoms in total. The Labute approximate surface area is 187 Å². The van der Waals surface area contributed by atoms with Gasteiger partial charge >= 0.3 is 5.97 Å². The molecule has 0 radical (unpaired) electrons. The van der Waals surface area contributed by atoms with Crippen LogP contribution in [-0.2, 0) is 24.2 Å². The molecule has 0 aromatic carbocycles. The van der Waals surface area contributed by atoms with Crippen molar-refractivity contribution in [2.45, 2.75) is 71.4 Å². The smallest absolute Gasteiger partial charge is 0.341 e. The third kappa shape index (κ3) is 5.65. The number of hydrogen-bond donors (Lipinski definition) is 1. The number of carbonyl (C=O) groups is 3. The molecule has 31 heavy (non-hydrogen) atoms. The summed E-state index contributed by atoms with van der Waals surface area (Å²) >= 11 is 1.29. The van der Waals surface area contributed by atoms with Gasteiger partial charge in [-0.15, -0.1) is 11.3 Å². The van der Waals surface area contributed by atoms with Crippen LogP contribution < -0.4 is 5.32 Å². The van der Waals surface area contributed by atoms with Crippen LogP contribution in [0.3, 0.4) is 0 Å². The minimum atomic E-state index is -3.15. The van der Waals surface area contributed by atoms with Crippen LogP contribution in [0.5, 0.6) is 0 Å². The number of carbonyl (C=O) groups excluding carboxylic acids is 3. The van der Waals surface area contributed by atoms with Gasteiger partial charge in [0, 0.05) is 23.9 Å². The molecule has 1 saturated heterocycles. The number of ether oxygens (including phenoxy) is 1. The van der Waals surface area contributed by atoms with Gasteiger partial charge in [-0.05, 0) is 38.7 Å². The highest BCUT2D eigenvalue weighted by atomic mass is 32.2. The summed E-state index contributed by atoms with van der Waals surface area (Å²) < 4.78 is 29.4. The molecule has 2 aliphatic rings. The lowest BCUT2D eigenvalue weighted by Gasteiger charge is -2.38. The summed E-state index contributed by atoms with van der Waals surface area (Å²) in [4.78, 5) is 39.9. The fourth-order valence-electron chi connectivity index (χ4n) is 4.45. The van der Waals surface area contributed by atoms with Crippen LogP contribution in [0.1, 0.15) is 66.2 Å². The summed E-state index contributed by atoms with van der Waals surface area (Å²) in [6.07, 6.45) is 5.22. The van der Waals surface area contributed by atoms with E-state index in [0.717, 1.165) is 37.0 Å². The maximum absolute atomic E-state index is 13.1. The maximum Gasteiger partial charge on any atom is 0.341 e. The number of nitrogens with one attached hydrogen (secondary N) is 1. The zero-order valence-corrected chi connectivity index (χ0v) is 19.9.